The fourth-order valence-electron chi connectivity index (χ4n) is 1.66. The number of anilines is 1. The van der Waals surface area contributed by atoms with Gasteiger partial charge >= 0.3 is 5.97 Å². The van der Waals surface area contributed by atoms with E-state index in [1.165, 1.54) is 25.1 Å². The van der Waals surface area contributed by atoms with Gasteiger partial charge in [-0.15, -0.1) is 0 Å². The van der Waals surface area contributed by atoms with Crippen molar-refractivity contribution in [1.29, 1.82) is 0 Å². The zero-order valence-corrected chi connectivity index (χ0v) is 14.4. The van der Waals surface area contributed by atoms with Gasteiger partial charge in [-0.05, 0) is 37.3 Å². The number of amides is 1. The first kappa shape index (κ1) is 18.4. The molecule has 5 nitrogen and oxygen atoms in total. The average Bonchev–Trinajstić information content (AvgIpc) is 2.52. The summed E-state index contributed by atoms with van der Waals surface area (Å²) in [6.45, 7) is 1.35. The third-order valence-electron chi connectivity index (χ3n) is 2.85. The molecule has 0 bridgehead atoms. The van der Waals surface area contributed by atoms with Crippen LogP contribution in [0.1, 0.15) is 17.4 Å². The first-order chi connectivity index (χ1) is 11.3. The topological polar surface area (TPSA) is 68.3 Å². The smallest absolute Gasteiger partial charge is 0.359 e. The molecular weight excluding hydrogens is 382 g/mol. The van der Waals surface area contributed by atoms with Gasteiger partial charge in [-0.25, -0.2) is 14.2 Å². The van der Waals surface area contributed by atoms with Crippen molar-refractivity contribution in [2.75, 3.05) is 5.32 Å². The summed E-state index contributed by atoms with van der Waals surface area (Å²) in [4.78, 5) is 27.8. The second-order valence-electron chi connectivity index (χ2n) is 4.63. The van der Waals surface area contributed by atoms with Crippen LogP contribution in [-0.4, -0.2) is 23.0 Å². The SMILES string of the molecule is C[C@@H](OC(=O)c1nc(Cl)ccc1Cl)C(=O)Nc1ccc(F)cc1Cl. The number of nitrogens with one attached hydrogen (secondary N) is 1. The van der Waals surface area contributed by atoms with Crippen LogP contribution in [0.4, 0.5) is 10.1 Å². The van der Waals surface area contributed by atoms with Gasteiger partial charge in [0.1, 0.15) is 11.0 Å². The van der Waals surface area contributed by atoms with Crippen LogP contribution in [0.25, 0.3) is 0 Å². The van der Waals surface area contributed by atoms with Crippen LogP contribution < -0.4 is 5.32 Å². The van der Waals surface area contributed by atoms with Crippen LogP contribution in [0.5, 0.6) is 0 Å². The van der Waals surface area contributed by atoms with Gasteiger partial charge < -0.3 is 10.1 Å². The molecule has 1 heterocycles. The maximum Gasteiger partial charge on any atom is 0.359 e. The highest BCUT2D eigenvalue weighted by atomic mass is 35.5. The Bertz CT molecular complexity index is 802. The summed E-state index contributed by atoms with van der Waals surface area (Å²) in [6.07, 6.45) is -1.17. The minimum absolute atomic E-state index is 0.0152. The third kappa shape index (κ3) is 4.56. The van der Waals surface area contributed by atoms with Gasteiger partial charge in [-0.2, -0.15) is 0 Å². The van der Waals surface area contributed by atoms with Crippen molar-refractivity contribution >= 4 is 52.4 Å². The fourth-order valence-corrected chi connectivity index (χ4v) is 2.20. The number of carbonyl (C=O) groups is 2. The average molecular weight is 392 g/mol. The Balaban J connectivity index is 2.05. The summed E-state index contributed by atoms with van der Waals surface area (Å²) in [7, 11) is 0. The molecular formula is C15H10Cl3FN2O3. The van der Waals surface area contributed by atoms with Crippen molar-refractivity contribution in [2.24, 2.45) is 0 Å². The maximum absolute atomic E-state index is 13.0. The van der Waals surface area contributed by atoms with Gasteiger partial charge in [0.15, 0.2) is 11.8 Å². The molecule has 0 spiro atoms. The van der Waals surface area contributed by atoms with Gasteiger partial charge in [0.05, 0.1) is 15.7 Å². The van der Waals surface area contributed by atoms with Gasteiger partial charge in [-0.3, -0.25) is 4.79 Å². The Hall–Kier alpha value is -1.89. The second kappa shape index (κ2) is 7.79. The van der Waals surface area contributed by atoms with Crippen LogP contribution in [0, 0.1) is 5.82 Å². The van der Waals surface area contributed by atoms with Crippen LogP contribution in [-0.2, 0) is 9.53 Å². The summed E-state index contributed by atoms with van der Waals surface area (Å²) >= 11 is 17.4. The largest absolute Gasteiger partial charge is 0.448 e. The number of rotatable bonds is 4. The van der Waals surface area contributed by atoms with Crippen LogP contribution in [0.2, 0.25) is 15.2 Å². The molecule has 0 radical (unpaired) electrons. The summed E-state index contributed by atoms with van der Waals surface area (Å²) in [5.74, 6) is -2.11. The molecule has 1 N–H and O–H groups in total. The van der Waals surface area contributed by atoms with E-state index in [0.717, 1.165) is 12.1 Å². The second-order valence-corrected chi connectivity index (χ2v) is 5.83. The first-order valence-electron chi connectivity index (χ1n) is 6.57. The molecule has 1 atom stereocenters. The fraction of sp³-hybridized carbons (Fsp3) is 0.133. The highest BCUT2D eigenvalue weighted by Crippen LogP contribution is 2.23. The highest BCUT2D eigenvalue weighted by molar-refractivity contribution is 6.34. The van der Waals surface area contributed by atoms with Crippen molar-refractivity contribution < 1.29 is 18.7 Å². The molecule has 0 aliphatic carbocycles. The van der Waals surface area contributed by atoms with E-state index >= 15 is 0 Å². The van der Waals surface area contributed by atoms with Gasteiger partial charge in [0.25, 0.3) is 5.91 Å². The maximum atomic E-state index is 13.0. The number of benzene rings is 1. The van der Waals surface area contributed by atoms with E-state index in [1.54, 1.807) is 0 Å². The van der Waals surface area contributed by atoms with E-state index in [9.17, 15) is 14.0 Å². The summed E-state index contributed by atoms with van der Waals surface area (Å²) < 4.78 is 18.0. The van der Waals surface area contributed by atoms with Crippen LogP contribution in [0.15, 0.2) is 30.3 Å². The molecule has 0 saturated heterocycles. The molecule has 24 heavy (non-hydrogen) atoms. The molecule has 0 unspecified atom stereocenters. The zero-order valence-electron chi connectivity index (χ0n) is 12.1. The third-order valence-corrected chi connectivity index (χ3v) is 3.68. The Morgan fingerprint density at radius 1 is 1.17 bits per heavy atom. The van der Waals surface area contributed by atoms with Crippen molar-refractivity contribution in [1.82, 2.24) is 4.98 Å². The molecule has 0 aliphatic rings. The van der Waals surface area contributed by atoms with E-state index in [0.29, 0.717) is 0 Å². The standard InChI is InChI=1S/C15H10Cl3FN2O3/c1-7(14(22)20-11-4-2-8(19)6-10(11)17)24-15(23)13-9(16)3-5-12(18)21-13/h2-7H,1H3,(H,20,22)/t7-/m1/s1. The molecule has 2 aromatic rings. The lowest BCUT2D eigenvalue weighted by atomic mass is 10.3. The lowest BCUT2D eigenvalue weighted by molar-refractivity contribution is -0.123. The minimum Gasteiger partial charge on any atom is -0.448 e. The van der Waals surface area contributed by atoms with Gasteiger partial charge in [0, 0.05) is 0 Å². The molecule has 0 fully saturated rings. The molecule has 2 rings (SSSR count). The molecule has 1 amide bonds. The molecule has 0 saturated carbocycles. The predicted octanol–water partition coefficient (Wildman–Crippen LogP) is 4.36. The van der Waals surface area contributed by atoms with E-state index in [4.69, 9.17) is 39.5 Å². The Morgan fingerprint density at radius 2 is 1.88 bits per heavy atom. The Labute approximate surface area is 151 Å². The monoisotopic (exact) mass is 390 g/mol. The molecule has 1 aromatic heterocycles. The Morgan fingerprint density at radius 3 is 2.54 bits per heavy atom. The number of hydrogen-bond donors (Lipinski definition) is 1. The van der Waals surface area contributed by atoms with E-state index in [2.05, 4.69) is 10.3 Å². The number of pyridine rings is 1. The first-order valence-corrected chi connectivity index (χ1v) is 7.70. The highest BCUT2D eigenvalue weighted by Gasteiger charge is 2.22. The molecule has 9 heteroatoms. The normalized spacial score (nSPS) is 11.7. The lowest BCUT2D eigenvalue weighted by Crippen LogP contribution is -2.30. The molecule has 126 valence electrons. The number of aromatic nitrogens is 1. The van der Waals surface area contributed by atoms with Gasteiger partial charge in [-0.1, -0.05) is 34.8 Å². The number of nitrogens with zero attached hydrogens (tertiary/aromatic N) is 1. The van der Waals surface area contributed by atoms with Gasteiger partial charge in [0.2, 0.25) is 0 Å². The number of carbonyl (C=O) groups excluding carboxylic acids is 2. The molecule has 0 aliphatic heterocycles. The van der Waals surface area contributed by atoms with E-state index < -0.39 is 23.8 Å². The quantitative estimate of drug-likeness (QED) is 0.621. The Kier molecular flexibility index (Phi) is 5.99. The summed E-state index contributed by atoms with van der Waals surface area (Å²) in [5, 5.41) is 2.54. The van der Waals surface area contributed by atoms with Crippen molar-refractivity contribution in [2.45, 2.75) is 13.0 Å². The van der Waals surface area contributed by atoms with E-state index in [-0.39, 0.29) is 26.6 Å². The minimum atomic E-state index is -1.17. The van der Waals surface area contributed by atoms with E-state index in [1.807, 2.05) is 0 Å². The number of halogens is 4. The summed E-state index contributed by atoms with van der Waals surface area (Å²) in [6, 6.07) is 6.26. The van der Waals surface area contributed by atoms with Crippen molar-refractivity contribution in [3.63, 3.8) is 0 Å². The van der Waals surface area contributed by atoms with Crippen molar-refractivity contribution in [3.8, 4) is 0 Å². The molecule has 1 aromatic carbocycles. The lowest BCUT2D eigenvalue weighted by Gasteiger charge is -2.14. The zero-order chi connectivity index (χ0) is 17.9. The number of ether oxygens (including phenoxy) is 1. The predicted molar refractivity (Wildman–Crippen MR) is 89.2 cm³/mol. The van der Waals surface area contributed by atoms with Crippen LogP contribution in [0.3, 0.4) is 0 Å². The summed E-state index contributed by atoms with van der Waals surface area (Å²) in [5.41, 5.74) is -0.0199. The van der Waals surface area contributed by atoms with Crippen molar-refractivity contribution in [3.05, 3.63) is 57.0 Å². The number of esters is 1. The van der Waals surface area contributed by atoms with Crippen LogP contribution >= 0.6 is 34.8 Å². The number of hydrogen-bond acceptors (Lipinski definition) is 4.